The van der Waals surface area contributed by atoms with Crippen molar-refractivity contribution < 1.29 is 0 Å². The minimum atomic E-state index is -0.470. The Labute approximate surface area is 365 Å². The predicted octanol–water partition coefficient (Wildman–Crippen LogP) is 16.1. The van der Waals surface area contributed by atoms with E-state index in [1.165, 1.54) is 104 Å². The van der Waals surface area contributed by atoms with Gasteiger partial charge in [-0.15, -0.1) is 0 Å². The number of nitrogens with zero attached hydrogens (tertiary/aromatic N) is 2. The van der Waals surface area contributed by atoms with Gasteiger partial charge in [-0.2, -0.15) is 0 Å². The third-order valence-electron chi connectivity index (χ3n) is 14.1. The van der Waals surface area contributed by atoms with Crippen molar-refractivity contribution >= 4 is 71.2 Å². The van der Waals surface area contributed by atoms with Crippen LogP contribution in [-0.4, -0.2) is 4.57 Å². The molecule has 14 rings (SSSR count). The van der Waals surface area contributed by atoms with Crippen LogP contribution in [0.3, 0.4) is 0 Å². The molecular formula is C61H38N2. The first-order valence-corrected chi connectivity index (χ1v) is 21.9. The van der Waals surface area contributed by atoms with Gasteiger partial charge in [0.15, 0.2) is 0 Å². The molecule has 0 amide bonds. The van der Waals surface area contributed by atoms with Crippen molar-refractivity contribution in [1.29, 1.82) is 0 Å². The van der Waals surface area contributed by atoms with Gasteiger partial charge in [0.05, 0.1) is 22.1 Å². The first kappa shape index (κ1) is 34.5. The van der Waals surface area contributed by atoms with Crippen molar-refractivity contribution in [3.05, 3.63) is 253 Å². The Morgan fingerprint density at radius 3 is 1.56 bits per heavy atom. The first-order chi connectivity index (χ1) is 31.3. The van der Waals surface area contributed by atoms with E-state index in [2.05, 4.69) is 240 Å². The van der Waals surface area contributed by atoms with Gasteiger partial charge in [-0.05, 0) is 125 Å². The monoisotopic (exact) mass is 798 g/mol. The van der Waals surface area contributed by atoms with Crippen molar-refractivity contribution in [3.8, 4) is 27.9 Å². The standard InChI is InChI=1S/C61H38N2/c1-2-17-41(18-3-1)62(43-33-34-48-46-22-5-4-20-44(46)45-21-6-7-23-47(45)53(48)38-43)42-19-14-16-39(36-42)40-32-35-56-59(37-40)63-58-31-13-10-26-51(58)52-27-15-30-57(60(52)63)61(56)54-28-11-8-24-49(54)50-25-9-12-29-55(50)61/h1-38H. The molecule has 11 aromatic carbocycles. The zero-order valence-corrected chi connectivity index (χ0v) is 34.3. The molecule has 292 valence electrons. The molecule has 2 nitrogen and oxygen atoms in total. The van der Waals surface area contributed by atoms with Crippen LogP contribution < -0.4 is 4.90 Å². The summed E-state index contributed by atoms with van der Waals surface area (Å²) in [5.74, 6) is 0. The molecule has 2 heteroatoms. The Morgan fingerprint density at radius 1 is 0.302 bits per heavy atom. The van der Waals surface area contributed by atoms with Gasteiger partial charge in [0.2, 0.25) is 0 Å². The van der Waals surface area contributed by atoms with Crippen LogP contribution in [0, 0.1) is 0 Å². The Kier molecular flexibility index (Phi) is 7.07. The summed E-state index contributed by atoms with van der Waals surface area (Å²) in [6.45, 7) is 0. The van der Waals surface area contributed by atoms with Gasteiger partial charge in [0.25, 0.3) is 0 Å². The maximum absolute atomic E-state index is 2.55. The molecule has 1 aliphatic heterocycles. The maximum atomic E-state index is 2.55. The molecule has 1 aromatic heterocycles. The molecule has 0 radical (unpaired) electrons. The molecule has 0 N–H and O–H groups in total. The Bertz CT molecular complexity index is 3790. The van der Waals surface area contributed by atoms with Crippen molar-refractivity contribution in [2.45, 2.75) is 5.41 Å². The van der Waals surface area contributed by atoms with Crippen LogP contribution >= 0.6 is 0 Å². The average molecular weight is 799 g/mol. The van der Waals surface area contributed by atoms with Crippen LogP contribution in [0.4, 0.5) is 17.1 Å². The normalized spacial score (nSPS) is 13.2. The lowest BCUT2D eigenvalue weighted by atomic mass is 9.65. The van der Waals surface area contributed by atoms with Gasteiger partial charge in [-0.1, -0.05) is 182 Å². The molecule has 0 fully saturated rings. The fourth-order valence-electron chi connectivity index (χ4n) is 11.6. The molecule has 2 aliphatic rings. The second-order valence-electron chi connectivity index (χ2n) is 17.2. The highest BCUT2D eigenvalue weighted by Crippen LogP contribution is 2.61. The minimum Gasteiger partial charge on any atom is -0.310 e. The van der Waals surface area contributed by atoms with Crippen molar-refractivity contribution in [2.75, 3.05) is 4.90 Å². The summed E-state index contributed by atoms with van der Waals surface area (Å²) in [6.07, 6.45) is 0. The summed E-state index contributed by atoms with van der Waals surface area (Å²) in [5.41, 5.74) is 16.9. The second-order valence-corrected chi connectivity index (χ2v) is 17.2. The summed E-state index contributed by atoms with van der Waals surface area (Å²) >= 11 is 0. The van der Waals surface area contributed by atoms with E-state index in [0.717, 1.165) is 17.1 Å². The van der Waals surface area contributed by atoms with E-state index in [4.69, 9.17) is 0 Å². The highest BCUT2D eigenvalue weighted by molar-refractivity contribution is 6.26. The van der Waals surface area contributed by atoms with E-state index in [-0.39, 0.29) is 0 Å². The summed E-state index contributed by atoms with van der Waals surface area (Å²) < 4.78 is 2.55. The van der Waals surface area contributed by atoms with E-state index < -0.39 is 5.41 Å². The number of para-hydroxylation sites is 3. The lowest BCUT2D eigenvalue weighted by molar-refractivity contribution is 0.748. The summed E-state index contributed by atoms with van der Waals surface area (Å²) in [6, 6.07) is 85.8. The molecule has 0 saturated carbocycles. The van der Waals surface area contributed by atoms with Crippen LogP contribution in [0.15, 0.2) is 231 Å². The van der Waals surface area contributed by atoms with E-state index in [1.54, 1.807) is 0 Å². The van der Waals surface area contributed by atoms with Gasteiger partial charge >= 0.3 is 0 Å². The molecule has 12 aromatic rings. The minimum absolute atomic E-state index is 0.470. The number of rotatable bonds is 4. The molecule has 0 unspecified atom stereocenters. The number of aromatic nitrogens is 1. The van der Waals surface area contributed by atoms with Gasteiger partial charge in [-0.25, -0.2) is 0 Å². The Balaban J connectivity index is 0.999. The molecule has 1 aliphatic carbocycles. The van der Waals surface area contributed by atoms with Gasteiger partial charge in [0, 0.05) is 27.8 Å². The predicted molar refractivity (Wildman–Crippen MR) is 264 cm³/mol. The topological polar surface area (TPSA) is 8.17 Å². The SMILES string of the molecule is c1ccc(N(c2cccc(-c3ccc4c(c3)-n3c5ccccc5c5cccc(c53)C43c4ccccc4-c4ccccc43)c2)c2ccc3c4ccccc4c4ccccc4c3c2)cc1. The van der Waals surface area contributed by atoms with Gasteiger partial charge in [-0.3, -0.25) is 0 Å². The Hall–Kier alpha value is -8.20. The number of fused-ring (bicyclic) bond motifs is 18. The maximum Gasteiger partial charge on any atom is 0.0754 e. The summed E-state index contributed by atoms with van der Waals surface area (Å²) in [5, 5.41) is 10.2. The number of anilines is 3. The van der Waals surface area contributed by atoms with E-state index >= 15 is 0 Å². The summed E-state index contributed by atoms with van der Waals surface area (Å²) in [7, 11) is 0. The number of hydrogen-bond donors (Lipinski definition) is 0. The van der Waals surface area contributed by atoms with E-state index in [1.807, 2.05) is 0 Å². The molecule has 63 heavy (non-hydrogen) atoms. The zero-order chi connectivity index (χ0) is 41.2. The lowest BCUT2D eigenvalue weighted by Gasteiger charge is -2.39. The van der Waals surface area contributed by atoms with Crippen LogP contribution in [-0.2, 0) is 5.41 Å². The molecule has 1 spiro atoms. The molecule has 0 bridgehead atoms. The number of benzene rings is 11. The molecule has 2 heterocycles. The highest BCUT2D eigenvalue weighted by Gasteiger charge is 2.50. The van der Waals surface area contributed by atoms with Crippen LogP contribution in [0.1, 0.15) is 22.3 Å². The average Bonchev–Trinajstić information content (AvgIpc) is 3.85. The second kappa shape index (κ2) is 12.9. The highest BCUT2D eigenvalue weighted by atomic mass is 15.1. The van der Waals surface area contributed by atoms with Crippen LogP contribution in [0.25, 0.3) is 82.1 Å². The molecular weight excluding hydrogens is 761 g/mol. The van der Waals surface area contributed by atoms with E-state index in [9.17, 15) is 0 Å². The lowest BCUT2D eigenvalue weighted by Crippen LogP contribution is -2.33. The number of hydrogen-bond acceptors (Lipinski definition) is 1. The van der Waals surface area contributed by atoms with Gasteiger partial charge < -0.3 is 9.47 Å². The van der Waals surface area contributed by atoms with Crippen molar-refractivity contribution in [3.63, 3.8) is 0 Å². The van der Waals surface area contributed by atoms with E-state index in [0.29, 0.717) is 0 Å². The third-order valence-corrected chi connectivity index (χ3v) is 14.1. The Morgan fingerprint density at radius 2 is 0.825 bits per heavy atom. The summed E-state index contributed by atoms with van der Waals surface area (Å²) in [4.78, 5) is 2.41. The van der Waals surface area contributed by atoms with Crippen molar-refractivity contribution in [2.24, 2.45) is 0 Å². The smallest absolute Gasteiger partial charge is 0.0754 e. The zero-order valence-electron chi connectivity index (χ0n) is 34.3. The third kappa shape index (κ3) is 4.62. The largest absolute Gasteiger partial charge is 0.310 e. The fourth-order valence-corrected chi connectivity index (χ4v) is 11.6. The van der Waals surface area contributed by atoms with Crippen LogP contribution in [0.2, 0.25) is 0 Å². The first-order valence-electron chi connectivity index (χ1n) is 21.9. The van der Waals surface area contributed by atoms with Crippen molar-refractivity contribution in [1.82, 2.24) is 4.57 Å². The quantitative estimate of drug-likeness (QED) is 0.161. The van der Waals surface area contributed by atoms with Gasteiger partial charge in [0.1, 0.15) is 0 Å². The van der Waals surface area contributed by atoms with Crippen LogP contribution in [0.5, 0.6) is 0 Å². The molecule has 0 saturated heterocycles. The molecule has 0 atom stereocenters. The fraction of sp³-hybridized carbons (Fsp3) is 0.0164.